The monoisotopic (exact) mass is 218 g/mol. The van der Waals surface area contributed by atoms with Gasteiger partial charge in [-0.05, 0) is 31.8 Å². The molecule has 0 spiro atoms. The first kappa shape index (κ1) is 12.3. The Kier molecular flexibility index (Phi) is 5.83. The number of hydrogen-bond donors (Lipinski definition) is 1. The minimum atomic E-state index is 0.472. The van der Waals surface area contributed by atoms with E-state index in [1.807, 2.05) is 0 Å². The molecule has 0 aromatic heterocycles. The van der Waals surface area contributed by atoms with Gasteiger partial charge < -0.3 is 10.2 Å². The Labute approximate surface area is 93.0 Å². The van der Waals surface area contributed by atoms with Crippen LogP contribution in [-0.4, -0.2) is 43.0 Å². The molecule has 0 bridgehead atoms. The van der Waals surface area contributed by atoms with Crippen LogP contribution in [0.25, 0.3) is 0 Å². The summed E-state index contributed by atoms with van der Waals surface area (Å²) >= 11 is 5.88. The van der Waals surface area contributed by atoms with Crippen LogP contribution in [-0.2, 0) is 0 Å². The van der Waals surface area contributed by atoms with Gasteiger partial charge in [0, 0.05) is 25.0 Å². The van der Waals surface area contributed by atoms with Gasteiger partial charge in [-0.15, -0.1) is 11.6 Å². The summed E-state index contributed by atoms with van der Waals surface area (Å²) in [5.74, 6) is 1.35. The van der Waals surface area contributed by atoms with Crippen molar-refractivity contribution in [3.05, 3.63) is 0 Å². The summed E-state index contributed by atoms with van der Waals surface area (Å²) in [4.78, 5) is 2.53. The summed E-state index contributed by atoms with van der Waals surface area (Å²) in [6.45, 7) is 9.27. The summed E-state index contributed by atoms with van der Waals surface area (Å²) in [6.07, 6.45) is 2.76. The van der Waals surface area contributed by atoms with Crippen LogP contribution in [0, 0.1) is 5.92 Å². The van der Waals surface area contributed by atoms with Crippen LogP contribution in [0.2, 0.25) is 0 Å². The number of nitrogens with one attached hydrogen (secondary N) is 1. The van der Waals surface area contributed by atoms with Crippen LogP contribution < -0.4 is 5.32 Å². The molecule has 1 aliphatic heterocycles. The Balaban J connectivity index is 2.06. The lowest BCUT2D eigenvalue weighted by molar-refractivity contribution is 0.318. The lowest BCUT2D eigenvalue weighted by Gasteiger charge is -2.22. The first-order chi connectivity index (χ1) is 6.74. The predicted molar refractivity (Wildman–Crippen MR) is 63.0 cm³/mol. The zero-order chi connectivity index (χ0) is 10.4. The van der Waals surface area contributed by atoms with Gasteiger partial charge in [-0.25, -0.2) is 0 Å². The fourth-order valence-corrected chi connectivity index (χ4v) is 2.35. The molecule has 1 aliphatic rings. The normalized spacial score (nSPS) is 20.6. The minimum absolute atomic E-state index is 0.472. The predicted octanol–water partition coefficient (Wildman–Crippen LogP) is 1.94. The molecular weight excluding hydrogens is 196 g/mol. The molecule has 1 N–H and O–H groups in total. The highest BCUT2D eigenvalue weighted by atomic mass is 35.5. The van der Waals surface area contributed by atoms with Crippen LogP contribution in [0.4, 0.5) is 0 Å². The van der Waals surface area contributed by atoms with Gasteiger partial charge in [0.2, 0.25) is 0 Å². The van der Waals surface area contributed by atoms with Crippen LogP contribution in [0.5, 0.6) is 0 Å². The summed E-state index contributed by atoms with van der Waals surface area (Å²) in [5, 5.41) is 3.52. The van der Waals surface area contributed by atoms with Crippen molar-refractivity contribution in [1.29, 1.82) is 0 Å². The van der Waals surface area contributed by atoms with Crippen molar-refractivity contribution < 1.29 is 0 Å². The molecule has 1 unspecified atom stereocenters. The van der Waals surface area contributed by atoms with Gasteiger partial charge in [0.15, 0.2) is 0 Å². The third-order valence-electron chi connectivity index (χ3n) is 3.00. The Hall–Kier alpha value is 0.210. The molecule has 1 fully saturated rings. The van der Waals surface area contributed by atoms with Gasteiger partial charge in [-0.3, -0.25) is 0 Å². The van der Waals surface area contributed by atoms with E-state index in [2.05, 4.69) is 24.1 Å². The van der Waals surface area contributed by atoms with E-state index in [0.717, 1.165) is 12.4 Å². The van der Waals surface area contributed by atoms with E-state index in [-0.39, 0.29) is 0 Å². The summed E-state index contributed by atoms with van der Waals surface area (Å²) in [7, 11) is 0. The summed E-state index contributed by atoms with van der Waals surface area (Å²) < 4.78 is 0. The van der Waals surface area contributed by atoms with E-state index in [1.54, 1.807) is 0 Å². The molecule has 3 heteroatoms. The van der Waals surface area contributed by atoms with Gasteiger partial charge in [0.05, 0.1) is 0 Å². The SMILES string of the molecule is CC(C)C(CCl)NCCN1CCCC1. The third-order valence-corrected chi connectivity index (χ3v) is 3.34. The quantitative estimate of drug-likeness (QED) is 0.686. The maximum atomic E-state index is 5.88. The van der Waals surface area contributed by atoms with Crippen molar-refractivity contribution in [3.63, 3.8) is 0 Å². The van der Waals surface area contributed by atoms with E-state index in [4.69, 9.17) is 11.6 Å². The van der Waals surface area contributed by atoms with E-state index in [0.29, 0.717) is 12.0 Å². The van der Waals surface area contributed by atoms with Gasteiger partial charge in [0.25, 0.3) is 0 Å². The van der Waals surface area contributed by atoms with E-state index >= 15 is 0 Å². The molecule has 0 aliphatic carbocycles. The average Bonchev–Trinajstić information content (AvgIpc) is 2.64. The lowest BCUT2D eigenvalue weighted by Crippen LogP contribution is -2.40. The van der Waals surface area contributed by atoms with E-state index in [9.17, 15) is 0 Å². The zero-order valence-electron chi connectivity index (χ0n) is 9.43. The molecule has 1 heterocycles. The molecule has 0 amide bonds. The molecule has 0 saturated carbocycles. The number of halogens is 1. The molecule has 2 nitrogen and oxygen atoms in total. The van der Waals surface area contributed by atoms with Gasteiger partial charge >= 0.3 is 0 Å². The first-order valence-electron chi connectivity index (χ1n) is 5.75. The average molecular weight is 219 g/mol. The van der Waals surface area contributed by atoms with Crippen LogP contribution in [0.1, 0.15) is 26.7 Å². The van der Waals surface area contributed by atoms with Gasteiger partial charge in [0.1, 0.15) is 0 Å². The molecule has 14 heavy (non-hydrogen) atoms. The van der Waals surface area contributed by atoms with Crippen molar-refractivity contribution in [2.24, 2.45) is 5.92 Å². The van der Waals surface area contributed by atoms with Crippen LogP contribution in [0.3, 0.4) is 0 Å². The van der Waals surface area contributed by atoms with Crippen molar-refractivity contribution >= 4 is 11.6 Å². The number of nitrogens with zero attached hydrogens (tertiary/aromatic N) is 1. The number of likely N-dealkylation sites (tertiary alicyclic amines) is 1. The lowest BCUT2D eigenvalue weighted by atomic mass is 10.1. The summed E-state index contributed by atoms with van der Waals surface area (Å²) in [6, 6.07) is 0.472. The zero-order valence-corrected chi connectivity index (χ0v) is 10.2. The number of hydrogen-bond acceptors (Lipinski definition) is 2. The molecule has 1 atom stereocenters. The van der Waals surface area contributed by atoms with E-state index in [1.165, 1.54) is 32.5 Å². The highest BCUT2D eigenvalue weighted by Gasteiger charge is 2.13. The highest BCUT2D eigenvalue weighted by molar-refractivity contribution is 6.18. The molecule has 0 aromatic rings. The van der Waals surface area contributed by atoms with Gasteiger partial charge in [-0.1, -0.05) is 13.8 Å². The smallest absolute Gasteiger partial charge is 0.0379 e. The molecule has 1 saturated heterocycles. The molecule has 0 radical (unpaired) electrons. The highest BCUT2D eigenvalue weighted by Crippen LogP contribution is 2.06. The van der Waals surface area contributed by atoms with Crippen LogP contribution in [0.15, 0.2) is 0 Å². The number of rotatable bonds is 6. The maximum Gasteiger partial charge on any atom is 0.0379 e. The topological polar surface area (TPSA) is 15.3 Å². The molecule has 84 valence electrons. The standard InChI is InChI=1S/C11H23ClN2/c1-10(2)11(9-12)13-5-8-14-6-3-4-7-14/h10-11,13H,3-9H2,1-2H3. The Morgan fingerprint density at radius 3 is 2.43 bits per heavy atom. The Bertz CT molecular complexity index is 144. The van der Waals surface area contributed by atoms with Crippen molar-refractivity contribution in [2.75, 3.05) is 32.1 Å². The first-order valence-corrected chi connectivity index (χ1v) is 6.29. The van der Waals surface area contributed by atoms with E-state index < -0.39 is 0 Å². The second-order valence-corrected chi connectivity index (χ2v) is 4.82. The third kappa shape index (κ3) is 4.16. The minimum Gasteiger partial charge on any atom is -0.311 e. The molecule has 0 aromatic carbocycles. The van der Waals surface area contributed by atoms with Crippen LogP contribution >= 0.6 is 11.6 Å². The Morgan fingerprint density at radius 1 is 1.29 bits per heavy atom. The summed E-state index contributed by atoms with van der Waals surface area (Å²) in [5.41, 5.74) is 0. The second-order valence-electron chi connectivity index (χ2n) is 4.51. The fourth-order valence-electron chi connectivity index (χ4n) is 1.88. The van der Waals surface area contributed by atoms with Crippen molar-refractivity contribution in [1.82, 2.24) is 10.2 Å². The Morgan fingerprint density at radius 2 is 1.93 bits per heavy atom. The molecule has 1 rings (SSSR count). The van der Waals surface area contributed by atoms with Gasteiger partial charge in [-0.2, -0.15) is 0 Å². The second kappa shape index (κ2) is 6.65. The molecular formula is C11H23ClN2. The maximum absolute atomic E-state index is 5.88. The van der Waals surface area contributed by atoms with Crippen molar-refractivity contribution in [3.8, 4) is 0 Å². The fraction of sp³-hybridized carbons (Fsp3) is 1.00. The van der Waals surface area contributed by atoms with Crippen molar-refractivity contribution in [2.45, 2.75) is 32.7 Å². The number of alkyl halides is 1. The largest absolute Gasteiger partial charge is 0.311 e.